The van der Waals surface area contributed by atoms with E-state index >= 15 is 0 Å². The van der Waals surface area contributed by atoms with Gasteiger partial charge < -0.3 is 0 Å². The van der Waals surface area contributed by atoms with Crippen LogP contribution in [0, 0.1) is 32.8 Å². The van der Waals surface area contributed by atoms with Crippen molar-refractivity contribution < 1.29 is 9.72 Å². The molecular formula is C17H11N3O3. The van der Waals surface area contributed by atoms with Gasteiger partial charge in [-0.25, -0.2) is 0 Å². The van der Waals surface area contributed by atoms with Gasteiger partial charge in [-0.05, 0) is 17.7 Å². The molecule has 0 aliphatic heterocycles. The van der Waals surface area contributed by atoms with E-state index in [-0.39, 0.29) is 17.7 Å². The van der Waals surface area contributed by atoms with Crippen LogP contribution in [0.1, 0.15) is 22.6 Å². The Morgan fingerprint density at radius 2 is 1.91 bits per heavy atom. The number of carbonyl (C=O) groups excluding carboxylic acids is 1. The van der Waals surface area contributed by atoms with Crippen LogP contribution in [-0.4, -0.2) is 10.7 Å². The molecule has 6 nitrogen and oxygen atoms in total. The van der Waals surface area contributed by atoms with Gasteiger partial charge in [0.25, 0.3) is 5.69 Å². The lowest BCUT2D eigenvalue weighted by molar-refractivity contribution is -0.385. The van der Waals surface area contributed by atoms with E-state index in [1.807, 2.05) is 12.1 Å². The number of nitriles is 2. The minimum Gasteiger partial charge on any atom is -0.297 e. The Balaban J connectivity index is 2.30. The largest absolute Gasteiger partial charge is 0.297 e. The highest BCUT2D eigenvalue weighted by molar-refractivity contribution is 5.90. The lowest BCUT2D eigenvalue weighted by Gasteiger charge is -2.09. The van der Waals surface area contributed by atoms with Crippen molar-refractivity contribution >= 4 is 11.5 Å². The molecule has 1 unspecified atom stereocenters. The number of carbonyl (C=O) groups is 1. The highest BCUT2D eigenvalue weighted by atomic mass is 16.6. The molecule has 1 atom stereocenters. The quantitative estimate of drug-likeness (QED) is 0.623. The molecule has 2 aromatic carbocycles. The van der Waals surface area contributed by atoms with E-state index in [2.05, 4.69) is 0 Å². The predicted octanol–water partition coefficient (Wildman–Crippen LogP) is 2.89. The zero-order chi connectivity index (χ0) is 16.8. The topological polar surface area (TPSA) is 108 Å². The van der Waals surface area contributed by atoms with Crippen LogP contribution in [0.25, 0.3) is 0 Å². The number of Topliss-reactive ketones (excluding diaryl/α,β-unsaturated/α-hetero) is 1. The van der Waals surface area contributed by atoms with E-state index in [9.17, 15) is 20.2 Å². The average molecular weight is 305 g/mol. The zero-order valence-electron chi connectivity index (χ0n) is 12.0. The van der Waals surface area contributed by atoms with Crippen molar-refractivity contribution in [3.63, 3.8) is 0 Å². The van der Waals surface area contributed by atoms with E-state index in [0.717, 1.165) is 0 Å². The number of rotatable bonds is 5. The first-order valence-corrected chi connectivity index (χ1v) is 6.71. The number of nitro groups is 1. The molecule has 6 heteroatoms. The van der Waals surface area contributed by atoms with Gasteiger partial charge in [0, 0.05) is 18.1 Å². The van der Waals surface area contributed by atoms with Gasteiger partial charge in [0.15, 0.2) is 5.78 Å². The average Bonchev–Trinajstić information content (AvgIpc) is 2.56. The fourth-order valence-corrected chi connectivity index (χ4v) is 2.25. The van der Waals surface area contributed by atoms with E-state index in [1.54, 1.807) is 24.3 Å². The molecule has 0 radical (unpaired) electrons. The van der Waals surface area contributed by atoms with Crippen molar-refractivity contribution in [2.75, 3.05) is 0 Å². The van der Waals surface area contributed by atoms with Gasteiger partial charge in [0.1, 0.15) is 5.92 Å². The Bertz CT molecular complexity index is 847. The van der Waals surface area contributed by atoms with Crippen molar-refractivity contribution in [1.82, 2.24) is 0 Å². The van der Waals surface area contributed by atoms with Gasteiger partial charge in [0.2, 0.25) is 0 Å². The van der Waals surface area contributed by atoms with Gasteiger partial charge in [-0.2, -0.15) is 10.5 Å². The molecule has 2 rings (SSSR count). The first-order chi connectivity index (χ1) is 11.1. The molecular weight excluding hydrogens is 294 g/mol. The van der Waals surface area contributed by atoms with Crippen LogP contribution in [-0.2, 0) is 11.2 Å². The number of ketones is 1. The van der Waals surface area contributed by atoms with Crippen molar-refractivity contribution in [2.45, 2.75) is 12.3 Å². The van der Waals surface area contributed by atoms with Crippen LogP contribution in [0.5, 0.6) is 0 Å². The Labute approximate surface area is 132 Å². The van der Waals surface area contributed by atoms with Crippen molar-refractivity contribution in [3.8, 4) is 12.1 Å². The van der Waals surface area contributed by atoms with Crippen molar-refractivity contribution in [3.05, 3.63) is 75.3 Å². The molecule has 0 amide bonds. The second kappa shape index (κ2) is 6.97. The van der Waals surface area contributed by atoms with Crippen LogP contribution >= 0.6 is 0 Å². The molecule has 0 bridgehead atoms. The molecule has 0 fully saturated rings. The van der Waals surface area contributed by atoms with Crippen molar-refractivity contribution in [2.24, 2.45) is 0 Å². The van der Waals surface area contributed by atoms with E-state index in [1.165, 1.54) is 24.3 Å². The molecule has 0 N–H and O–H groups in total. The van der Waals surface area contributed by atoms with Crippen LogP contribution < -0.4 is 0 Å². The van der Waals surface area contributed by atoms with Gasteiger partial charge >= 0.3 is 0 Å². The van der Waals surface area contributed by atoms with Gasteiger partial charge in [-0.1, -0.05) is 30.3 Å². The summed E-state index contributed by atoms with van der Waals surface area (Å²) in [4.78, 5) is 22.8. The summed E-state index contributed by atoms with van der Waals surface area (Å²) in [5, 5.41) is 29.2. The smallest absolute Gasteiger partial charge is 0.273 e. The van der Waals surface area contributed by atoms with Crippen LogP contribution in [0.15, 0.2) is 48.5 Å². The fourth-order valence-electron chi connectivity index (χ4n) is 2.25. The zero-order valence-corrected chi connectivity index (χ0v) is 12.0. The molecule has 112 valence electrons. The molecule has 0 saturated carbocycles. The van der Waals surface area contributed by atoms with Crippen LogP contribution in [0.3, 0.4) is 0 Å². The monoisotopic (exact) mass is 305 g/mol. The number of hydrogen-bond acceptors (Lipinski definition) is 5. The fraction of sp³-hybridized carbons (Fsp3) is 0.118. The third kappa shape index (κ3) is 3.58. The Morgan fingerprint density at radius 1 is 1.17 bits per heavy atom. The summed E-state index contributed by atoms with van der Waals surface area (Å²) >= 11 is 0. The summed E-state index contributed by atoms with van der Waals surface area (Å²) in [6.07, 6.45) is -0.216. The third-order valence-electron chi connectivity index (χ3n) is 3.35. The highest BCUT2D eigenvalue weighted by Gasteiger charge is 2.23. The van der Waals surface area contributed by atoms with Crippen LogP contribution in [0.2, 0.25) is 0 Å². The summed E-state index contributed by atoms with van der Waals surface area (Å²) in [7, 11) is 0. The molecule has 0 heterocycles. The summed E-state index contributed by atoms with van der Waals surface area (Å²) in [6.45, 7) is 0. The van der Waals surface area contributed by atoms with Crippen LogP contribution in [0.4, 0.5) is 5.69 Å². The predicted molar refractivity (Wildman–Crippen MR) is 81.3 cm³/mol. The van der Waals surface area contributed by atoms with Crippen molar-refractivity contribution in [1.29, 1.82) is 10.5 Å². The minimum atomic E-state index is -1.07. The van der Waals surface area contributed by atoms with Gasteiger partial charge in [-0.3, -0.25) is 14.9 Å². The van der Waals surface area contributed by atoms with Gasteiger partial charge in [0.05, 0.1) is 22.6 Å². The second-order valence-electron chi connectivity index (χ2n) is 4.83. The third-order valence-corrected chi connectivity index (χ3v) is 3.35. The first kappa shape index (κ1) is 15.9. The Morgan fingerprint density at radius 3 is 2.57 bits per heavy atom. The molecule has 0 aromatic heterocycles. The number of para-hydroxylation sites is 1. The number of nitrogens with zero attached hydrogens (tertiary/aromatic N) is 3. The SMILES string of the molecule is N#Cc1cccc(C(C#N)C(=O)Cc2ccccc2[N+](=O)[O-])c1. The van der Waals surface area contributed by atoms with Gasteiger partial charge in [-0.15, -0.1) is 0 Å². The Kier molecular flexibility index (Phi) is 4.81. The maximum atomic E-state index is 12.4. The number of hydrogen-bond donors (Lipinski definition) is 0. The maximum Gasteiger partial charge on any atom is 0.273 e. The molecule has 2 aromatic rings. The Hall–Kier alpha value is -3.51. The minimum absolute atomic E-state index is 0.150. The molecule has 0 aliphatic carbocycles. The standard InChI is InChI=1S/C17H11N3O3/c18-10-12-4-3-6-13(8-12)15(11-19)17(21)9-14-5-1-2-7-16(14)20(22)23/h1-8,15H,9H2. The van der Waals surface area contributed by atoms with E-state index in [0.29, 0.717) is 11.1 Å². The van der Waals surface area contributed by atoms with E-state index < -0.39 is 16.6 Å². The number of benzene rings is 2. The maximum absolute atomic E-state index is 12.4. The highest BCUT2D eigenvalue weighted by Crippen LogP contribution is 2.23. The molecule has 0 aliphatic rings. The second-order valence-corrected chi connectivity index (χ2v) is 4.83. The summed E-state index contributed by atoms with van der Waals surface area (Å²) < 4.78 is 0. The number of nitro benzene ring substituents is 1. The summed E-state index contributed by atoms with van der Waals surface area (Å²) in [6, 6.07) is 16.0. The molecule has 0 saturated heterocycles. The first-order valence-electron chi connectivity index (χ1n) is 6.71. The lowest BCUT2D eigenvalue weighted by atomic mass is 9.91. The molecule has 23 heavy (non-hydrogen) atoms. The van der Waals surface area contributed by atoms with E-state index in [4.69, 9.17) is 5.26 Å². The summed E-state index contributed by atoms with van der Waals surface area (Å²) in [5.41, 5.74) is 0.874. The normalized spacial score (nSPS) is 11.0. The molecule has 0 spiro atoms. The summed E-state index contributed by atoms with van der Waals surface area (Å²) in [5.74, 6) is -1.51. The lowest BCUT2D eigenvalue weighted by Crippen LogP contribution is -2.14.